The molecule has 1 atom stereocenters. The Bertz CT molecular complexity index is 649. The Hall–Kier alpha value is -2.37. The number of pyridine rings is 1. The molecular weight excluding hydrogens is 246 g/mol. The van der Waals surface area contributed by atoms with Gasteiger partial charge in [0.1, 0.15) is 5.65 Å². The van der Waals surface area contributed by atoms with Crippen molar-refractivity contribution in [1.29, 1.82) is 0 Å². The molecule has 2 aromatic heterocycles. The number of amides is 1. The third-order valence-corrected chi connectivity index (χ3v) is 3.46. The second-order valence-corrected chi connectivity index (χ2v) is 4.73. The molecule has 98 valence electrons. The Balaban J connectivity index is 1.82. The molecule has 1 unspecified atom stereocenters. The lowest BCUT2D eigenvalue weighted by molar-refractivity contribution is -0.141. The van der Waals surface area contributed by atoms with Crippen LogP contribution in [0.15, 0.2) is 24.5 Å². The second-order valence-electron chi connectivity index (χ2n) is 4.73. The van der Waals surface area contributed by atoms with Crippen molar-refractivity contribution in [3.05, 3.63) is 30.1 Å². The van der Waals surface area contributed by atoms with Gasteiger partial charge < -0.3 is 15.0 Å². The first-order chi connectivity index (χ1) is 9.15. The van der Waals surface area contributed by atoms with E-state index >= 15 is 0 Å². The number of aliphatic carboxylic acids is 1. The molecule has 1 aliphatic heterocycles. The highest BCUT2D eigenvalue weighted by molar-refractivity contribution is 5.86. The molecule has 6 heteroatoms. The first kappa shape index (κ1) is 11.7. The molecule has 1 amide bonds. The van der Waals surface area contributed by atoms with Crippen molar-refractivity contribution < 1.29 is 14.7 Å². The number of likely N-dealkylation sites (tertiary alicyclic amines) is 1. The molecule has 1 fully saturated rings. The van der Waals surface area contributed by atoms with Crippen LogP contribution in [0.1, 0.15) is 12.0 Å². The molecule has 0 spiro atoms. The third-order valence-electron chi connectivity index (χ3n) is 3.46. The number of rotatable bonds is 3. The molecule has 2 aromatic rings. The minimum Gasteiger partial charge on any atom is -0.481 e. The number of aromatic nitrogens is 2. The predicted octanol–water partition coefficient (Wildman–Crippen LogP) is 0.996. The summed E-state index contributed by atoms with van der Waals surface area (Å²) in [5.74, 6) is -1.60. The van der Waals surface area contributed by atoms with Crippen molar-refractivity contribution >= 4 is 22.9 Å². The van der Waals surface area contributed by atoms with E-state index in [1.54, 1.807) is 11.1 Å². The van der Waals surface area contributed by atoms with Gasteiger partial charge >= 0.3 is 5.97 Å². The number of fused-ring (bicyclic) bond motifs is 1. The van der Waals surface area contributed by atoms with E-state index in [-0.39, 0.29) is 18.9 Å². The van der Waals surface area contributed by atoms with Gasteiger partial charge in [-0.05, 0) is 17.7 Å². The van der Waals surface area contributed by atoms with Gasteiger partial charge in [-0.2, -0.15) is 0 Å². The van der Waals surface area contributed by atoms with Crippen LogP contribution in [0, 0.1) is 5.92 Å². The molecule has 0 aromatic carbocycles. The van der Waals surface area contributed by atoms with Gasteiger partial charge in [0, 0.05) is 37.3 Å². The van der Waals surface area contributed by atoms with Gasteiger partial charge in [0.25, 0.3) is 0 Å². The number of hydrogen-bond donors (Lipinski definition) is 2. The fraction of sp³-hybridized carbons (Fsp3) is 0.308. The first-order valence-corrected chi connectivity index (χ1v) is 6.06. The molecule has 19 heavy (non-hydrogen) atoms. The fourth-order valence-corrected chi connectivity index (χ4v) is 2.44. The van der Waals surface area contributed by atoms with Gasteiger partial charge in [-0.25, -0.2) is 4.98 Å². The summed E-state index contributed by atoms with van der Waals surface area (Å²) in [6, 6.07) is 3.77. The van der Waals surface area contributed by atoms with E-state index in [1.807, 2.05) is 18.3 Å². The van der Waals surface area contributed by atoms with Gasteiger partial charge in [-0.1, -0.05) is 0 Å². The summed E-state index contributed by atoms with van der Waals surface area (Å²) in [4.78, 5) is 31.5. The lowest BCUT2D eigenvalue weighted by atomic mass is 10.1. The number of H-pyrrole nitrogens is 1. The predicted molar refractivity (Wildman–Crippen MR) is 67.3 cm³/mol. The van der Waals surface area contributed by atoms with Crippen molar-refractivity contribution in [1.82, 2.24) is 14.9 Å². The molecule has 3 heterocycles. The topological polar surface area (TPSA) is 86.3 Å². The Morgan fingerprint density at radius 2 is 2.42 bits per heavy atom. The van der Waals surface area contributed by atoms with E-state index in [0.717, 1.165) is 16.6 Å². The summed E-state index contributed by atoms with van der Waals surface area (Å²) in [5.41, 5.74) is 1.74. The number of aromatic amines is 1. The lowest BCUT2D eigenvalue weighted by Crippen LogP contribution is -2.25. The number of carbonyl (C=O) groups excluding carboxylic acids is 1. The normalized spacial score (nSPS) is 19.3. The van der Waals surface area contributed by atoms with Crippen molar-refractivity contribution in [2.45, 2.75) is 13.0 Å². The molecule has 6 nitrogen and oxygen atoms in total. The first-order valence-electron chi connectivity index (χ1n) is 6.06. The Labute approximate surface area is 109 Å². The number of nitrogens with one attached hydrogen (secondary N) is 1. The molecule has 0 saturated carbocycles. The summed E-state index contributed by atoms with van der Waals surface area (Å²) in [7, 11) is 0. The fourth-order valence-electron chi connectivity index (χ4n) is 2.44. The van der Waals surface area contributed by atoms with Crippen LogP contribution in [0.3, 0.4) is 0 Å². The average Bonchev–Trinajstić information content (AvgIpc) is 2.96. The maximum Gasteiger partial charge on any atom is 0.308 e. The van der Waals surface area contributed by atoms with Crippen molar-refractivity contribution in [3.8, 4) is 0 Å². The molecule has 1 aliphatic rings. The molecule has 1 saturated heterocycles. The molecular formula is C13H13N3O3. The number of carboxylic acids is 1. The summed E-state index contributed by atoms with van der Waals surface area (Å²) in [6.07, 6.45) is 3.61. The minimum atomic E-state index is -0.906. The molecule has 3 rings (SSSR count). The highest BCUT2D eigenvalue weighted by Crippen LogP contribution is 2.23. The SMILES string of the molecule is O=C(O)C1CC(=O)N(Cc2c[nH]c3ncccc23)C1. The number of nitrogens with zero attached hydrogens (tertiary/aromatic N) is 2. The van der Waals surface area contributed by atoms with Gasteiger partial charge in [-0.3, -0.25) is 9.59 Å². The highest BCUT2D eigenvalue weighted by Gasteiger charge is 2.34. The van der Waals surface area contributed by atoms with Gasteiger partial charge in [0.15, 0.2) is 0 Å². The number of carbonyl (C=O) groups is 2. The maximum absolute atomic E-state index is 11.8. The van der Waals surface area contributed by atoms with Gasteiger partial charge in [0.2, 0.25) is 5.91 Å². The zero-order valence-electron chi connectivity index (χ0n) is 10.2. The zero-order chi connectivity index (χ0) is 13.4. The molecule has 0 bridgehead atoms. The summed E-state index contributed by atoms with van der Waals surface area (Å²) < 4.78 is 0. The van der Waals surface area contributed by atoms with Crippen LogP contribution >= 0.6 is 0 Å². The quantitative estimate of drug-likeness (QED) is 0.860. The standard InChI is InChI=1S/C13H13N3O3/c17-11-4-8(13(18)19)6-16(11)7-9-5-15-12-10(9)2-1-3-14-12/h1-3,5,8H,4,6-7H2,(H,14,15)(H,18,19). The van der Waals surface area contributed by atoms with Crippen LogP contribution in [0.25, 0.3) is 11.0 Å². The van der Waals surface area contributed by atoms with Gasteiger partial charge in [-0.15, -0.1) is 0 Å². The van der Waals surface area contributed by atoms with Crippen LogP contribution in [-0.2, 0) is 16.1 Å². The zero-order valence-corrected chi connectivity index (χ0v) is 10.2. The summed E-state index contributed by atoms with van der Waals surface area (Å²) in [5, 5.41) is 9.92. The summed E-state index contributed by atoms with van der Waals surface area (Å²) >= 11 is 0. The van der Waals surface area contributed by atoms with Crippen molar-refractivity contribution in [2.24, 2.45) is 5.92 Å². The van der Waals surface area contributed by atoms with E-state index in [0.29, 0.717) is 6.54 Å². The smallest absolute Gasteiger partial charge is 0.308 e. The maximum atomic E-state index is 11.8. The van der Waals surface area contributed by atoms with E-state index in [1.165, 1.54) is 0 Å². The van der Waals surface area contributed by atoms with Gasteiger partial charge in [0.05, 0.1) is 5.92 Å². The van der Waals surface area contributed by atoms with Crippen LogP contribution in [0.4, 0.5) is 0 Å². The lowest BCUT2D eigenvalue weighted by Gasteiger charge is -2.15. The van der Waals surface area contributed by atoms with E-state index < -0.39 is 11.9 Å². The highest BCUT2D eigenvalue weighted by atomic mass is 16.4. The van der Waals surface area contributed by atoms with Crippen LogP contribution in [0.5, 0.6) is 0 Å². The van der Waals surface area contributed by atoms with E-state index in [9.17, 15) is 9.59 Å². The average molecular weight is 259 g/mol. The Morgan fingerprint density at radius 1 is 1.58 bits per heavy atom. The Kier molecular flexibility index (Phi) is 2.70. The van der Waals surface area contributed by atoms with E-state index in [2.05, 4.69) is 9.97 Å². The number of hydrogen-bond acceptors (Lipinski definition) is 3. The summed E-state index contributed by atoms with van der Waals surface area (Å²) in [6.45, 7) is 0.704. The van der Waals surface area contributed by atoms with Crippen LogP contribution < -0.4 is 0 Å². The monoisotopic (exact) mass is 259 g/mol. The van der Waals surface area contributed by atoms with Crippen molar-refractivity contribution in [3.63, 3.8) is 0 Å². The Morgan fingerprint density at radius 3 is 3.16 bits per heavy atom. The number of carboxylic acid groups (broad SMARTS) is 1. The van der Waals surface area contributed by atoms with Crippen LogP contribution in [-0.4, -0.2) is 38.4 Å². The van der Waals surface area contributed by atoms with E-state index in [4.69, 9.17) is 5.11 Å². The van der Waals surface area contributed by atoms with Crippen LogP contribution in [0.2, 0.25) is 0 Å². The molecule has 2 N–H and O–H groups in total. The third kappa shape index (κ3) is 2.05. The molecule has 0 aliphatic carbocycles. The minimum absolute atomic E-state index is 0.0932. The second kappa shape index (κ2) is 4.38. The largest absolute Gasteiger partial charge is 0.481 e. The molecule has 0 radical (unpaired) electrons. The van der Waals surface area contributed by atoms with Crippen molar-refractivity contribution in [2.75, 3.05) is 6.54 Å².